The molecule has 0 bridgehead atoms. The summed E-state index contributed by atoms with van der Waals surface area (Å²) in [6, 6.07) is 64.3. The Kier molecular flexibility index (Phi) is 80.4. The number of carbonyl (C=O) groups excluding carboxylic acids is 4. The number of aliphatic carboxylic acids is 1. The normalized spacial score (nSPS) is 14.0. The van der Waals surface area contributed by atoms with Crippen LogP contribution in [0.2, 0.25) is 0 Å². The van der Waals surface area contributed by atoms with Crippen molar-refractivity contribution in [1.29, 1.82) is 0 Å². The number of carbonyl (C=O) groups is 5. The SMILES string of the molecule is C.COC(=O)C(F)(F)SOOF.Cl.O=C(O)C(F)(F)SOO[O-].O=C(OCC1CCCCC1)C(F)(F)SOO[O-].O=C(OCC1CCCCC1)C(F)(F)SOO[O-].O=C(OCC1CCCCC1)C(F)(F)SOO[O-].OC1CCCCC1.[Na+].[Na+].[Na+].[Na+].[OH-].c1ccc([S+](c2ccccc2)c2ccccc2)cc1.c1ccc([S+](c2ccccc2)c2ccccc2)cc1. The fourth-order valence-electron chi connectivity index (χ4n) is 10.7. The summed E-state index contributed by atoms with van der Waals surface area (Å²) in [5.74, 6) is -8.98. The van der Waals surface area contributed by atoms with E-state index in [-0.39, 0.29) is 209 Å². The number of benzene rings is 6. The Labute approximate surface area is 832 Å². The fourth-order valence-corrected chi connectivity index (χ4v) is 16.1. The second kappa shape index (κ2) is 76.4. The first kappa shape index (κ1) is 130. The van der Waals surface area contributed by atoms with E-state index in [0.717, 1.165) is 116 Å². The summed E-state index contributed by atoms with van der Waals surface area (Å²) in [7, 11) is 0.728. The number of halogens is 12. The number of esters is 4. The van der Waals surface area contributed by atoms with Gasteiger partial charge in [-0.2, -0.15) is 61.2 Å². The minimum absolute atomic E-state index is 0. The Balaban J connectivity index is -0.000000438. The third kappa shape index (κ3) is 56.1. The van der Waals surface area contributed by atoms with Gasteiger partial charge in [-0.05, 0) is 152 Å². The largest absolute Gasteiger partial charge is 1.00 e. The summed E-state index contributed by atoms with van der Waals surface area (Å²) in [5, 5.41) is 46.8. The van der Waals surface area contributed by atoms with E-state index in [9.17, 15) is 88.2 Å². The zero-order chi connectivity index (χ0) is 86.2. The van der Waals surface area contributed by atoms with Crippen molar-refractivity contribution >= 4 is 124 Å². The van der Waals surface area contributed by atoms with Crippen molar-refractivity contribution in [2.45, 2.75) is 198 Å². The summed E-state index contributed by atoms with van der Waals surface area (Å²) in [6.45, 7) is -0.0619. The number of hydrogen-bond acceptors (Lipinski definition) is 30. The molecule has 4 fully saturated rings. The van der Waals surface area contributed by atoms with Crippen LogP contribution >= 0.6 is 72.6 Å². The maximum atomic E-state index is 12.9. The Morgan fingerprint density at radius 3 is 0.726 bits per heavy atom. The molecule has 0 unspecified atom stereocenters. The summed E-state index contributed by atoms with van der Waals surface area (Å²) in [6.07, 6.45) is 20.8. The van der Waals surface area contributed by atoms with E-state index in [1.807, 2.05) is 0 Å². The van der Waals surface area contributed by atoms with Gasteiger partial charge in [0.2, 0.25) is 0 Å². The number of rotatable bonds is 32. The Morgan fingerprint density at radius 2 is 0.548 bits per heavy atom. The van der Waals surface area contributed by atoms with Crippen LogP contribution < -0.4 is 139 Å². The van der Waals surface area contributed by atoms with Crippen LogP contribution in [0.3, 0.4) is 0 Å². The quantitative estimate of drug-likeness (QED) is 0.00794. The molecule has 10 rings (SSSR count). The molecule has 676 valence electrons. The van der Waals surface area contributed by atoms with Crippen molar-refractivity contribution in [2.24, 2.45) is 17.8 Å². The Hall–Kier alpha value is -2.00. The Bertz CT molecular complexity index is 3200. The van der Waals surface area contributed by atoms with E-state index in [0.29, 0.717) is 0 Å². The maximum absolute atomic E-state index is 12.9. The summed E-state index contributed by atoms with van der Waals surface area (Å²) >= 11 is -3.68. The third-order valence-corrected chi connectivity index (χ3v) is 23.2. The fraction of sp³-hybridized carbons (Fsp3) is 0.453. The van der Waals surface area contributed by atoms with Crippen LogP contribution in [0.4, 0.5) is 48.4 Å². The summed E-state index contributed by atoms with van der Waals surface area (Å²) < 4.78 is 169. The Morgan fingerprint density at radius 1 is 0.355 bits per heavy atom. The number of ether oxygens (including phenoxy) is 4. The molecule has 4 aliphatic carbocycles. The van der Waals surface area contributed by atoms with Gasteiger partial charge in [-0.3, -0.25) is 20.2 Å². The van der Waals surface area contributed by atoms with Gasteiger partial charge in [0.05, 0.1) is 54.8 Å². The molecule has 26 nitrogen and oxygen atoms in total. The molecule has 6 aromatic rings. The van der Waals surface area contributed by atoms with Gasteiger partial charge >= 0.3 is 174 Å². The molecule has 0 atom stereocenters. The minimum Gasteiger partial charge on any atom is -0.870 e. The molecule has 3 N–H and O–H groups in total. The van der Waals surface area contributed by atoms with Gasteiger partial charge in [-0.25, -0.2) is 24.0 Å². The van der Waals surface area contributed by atoms with Crippen LogP contribution in [-0.2, 0) is 112 Å². The molecule has 0 heterocycles. The number of alkyl halides is 10. The molecule has 4 aliphatic rings. The first-order valence-corrected chi connectivity index (χ1v) is 41.6. The average molecular weight is 1970 g/mol. The first-order chi connectivity index (χ1) is 56.0. The average Bonchev–Trinajstić information content (AvgIpc) is 0.821. The van der Waals surface area contributed by atoms with Gasteiger partial charge in [-0.1, -0.05) is 194 Å². The molecular weight excluding hydrogens is 1880 g/mol. The van der Waals surface area contributed by atoms with Crippen molar-refractivity contribution in [3.05, 3.63) is 182 Å². The van der Waals surface area contributed by atoms with Crippen LogP contribution in [0.15, 0.2) is 211 Å². The predicted octanol–water partition coefficient (Wildman–Crippen LogP) is 5.26. The number of aliphatic hydroxyl groups is 1. The topological polar surface area (TPSA) is 377 Å². The van der Waals surface area contributed by atoms with Gasteiger partial charge < -0.3 is 55.7 Å². The van der Waals surface area contributed by atoms with Gasteiger partial charge in [0, 0.05) is 0 Å². The van der Waals surface area contributed by atoms with Crippen molar-refractivity contribution in [3.63, 3.8) is 0 Å². The van der Waals surface area contributed by atoms with Crippen LogP contribution in [-0.4, -0.2) is 105 Å². The maximum Gasteiger partial charge on any atom is 1.00 e. The number of carboxylic acids is 1. The molecule has 0 aliphatic heterocycles. The van der Waals surface area contributed by atoms with Crippen LogP contribution in [0, 0.1) is 17.8 Å². The van der Waals surface area contributed by atoms with Crippen LogP contribution in [0.1, 0.15) is 136 Å². The second-order valence-electron chi connectivity index (χ2n) is 24.6. The minimum atomic E-state index is -4.16. The molecule has 0 saturated heterocycles. The second-order valence-corrected chi connectivity index (χ2v) is 32.7. The number of hydrogen-bond donors (Lipinski definition) is 2. The molecule has 0 radical (unpaired) electrons. The third-order valence-electron chi connectivity index (χ3n) is 16.2. The molecule has 49 heteroatoms. The molecule has 124 heavy (non-hydrogen) atoms. The van der Waals surface area contributed by atoms with Crippen molar-refractivity contribution in [2.75, 3.05) is 26.9 Å². The smallest absolute Gasteiger partial charge is 0.870 e. The van der Waals surface area contributed by atoms with Gasteiger partial charge in [0.15, 0.2) is 29.4 Å². The molecule has 0 amide bonds. The van der Waals surface area contributed by atoms with E-state index < -0.39 is 116 Å². The molecule has 6 aromatic carbocycles. The predicted molar refractivity (Wildman–Crippen MR) is 415 cm³/mol. The van der Waals surface area contributed by atoms with Crippen molar-refractivity contribution in [1.82, 2.24) is 0 Å². The van der Waals surface area contributed by atoms with E-state index >= 15 is 0 Å². The molecule has 0 spiro atoms. The monoisotopic (exact) mass is 1970 g/mol. The molecule has 4 saturated carbocycles. The number of methoxy groups -OCH3 is 1. The van der Waals surface area contributed by atoms with Crippen molar-refractivity contribution < 1.29 is 293 Å². The van der Waals surface area contributed by atoms with E-state index in [2.05, 4.69) is 248 Å². The first-order valence-electron chi connectivity index (χ1n) is 35.4. The summed E-state index contributed by atoms with van der Waals surface area (Å²) in [4.78, 5) is 60.7. The van der Waals surface area contributed by atoms with E-state index in [1.165, 1.54) is 48.6 Å². The van der Waals surface area contributed by atoms with Crippen LogP contribution in [0.25, 0.3) is 0 Å². The van der Waals surface area contributed by atoms with Crippen LogP contribution in [0.5, 0.6) is 0 Å². The van der Waals surface area contributed by atoms with E-state index in [4.69, 9.17) is 15.5 Å². The summed E-state index contributed by atoms with van der Waals surface area (Å²) in [5.41, 5.74) is 0. The molecular formula is C75H91ClF11Na4O26S7+. The van der Waals surface area contributed by atoms with Gasteiger partial charge in [-0.15, -0.1) is 16.7 Å². The number of aliphatic hydroxyl groups excluding tert-OH is 1. The number of carboxylic acid groups (broad SMARTS) is 1. The standard InChI is InChI=1S/2C18H15S.3C9H14F2O5S.C6H12O.C3H3F3O4S.C2H2F2O5S.CH4.ClH.4Na.H2O/c2*1-4-10-16(11-5-1)19(17-12-6-2-7-13-17)18-14-8-3-9-15-18;3*10-9(11,17-16-15-13)8(12)14-6-7-4-2-1-3-5-7;7-6-4-2-1-3-5-6;1-8-2(7)3(4,5)11-10-9-6;3-2(4,1(5)6)10-9-8-7;;;;;;;/h2*1-15H;3*7,13H,1-6H2;6-7H,1-5H2;1H3;7H,(H,5,6);1H4;1H;;;;;1H2/q2*+1;;;;;;;;;4*+1;/p-5. The zero-order valence-corrected chi connectivity index (χ0v) is 81.6. The molecule has 0 aromatic heterocycles. The zero-order valence-electron chi connectivity index (χ0n) is 67.0. The van der Waals surface area contributed by atoms with Gasteiger partial charge in [0.25, 0.3) is 0 Å². The van der Waals surface area contributed by atoms with Gasteiger partial charge in [0.1, 0.15) is 60.2 Å². The van der Waals surface area contributed by atoms with E-state index in [1.54, 1.807) is 0 Å². The van der Waals surface area contributed by atoms with Crippen molar-refractivity contribution in [3.8, 4) is 0 Å².